The predicted octanol–water partition coefficient (Wildman–Crippen LogP) is 0.711. The highest BCUT2D eigenvalue weighted by molar-refractivity contribution is 7.07. The van der Waals surface area contributed by atoms with E-state index in [0.717, 1.165) is 6.54 Å². The molecule has 3 heteroatoms. The molecule has 44 valence electrons. The molecule has 1 aromatic heterocycles. The molecule has 0 bridgehead atoms. The van der Waals surface area contributed by atoms with E-state index in [1.165, 1.54) is 5.56 Å². The summed E-state index contributed by atoms with van der Waals surface area (Å²) < 4.78 is 0. The van der Waals surface area contributed by atoms with E-state index >= 15 is 0 Å². The molecule has 0 radical (unpaired) electrons. The summed E-state index contributed by atoms with van der Waals surface area (Å²) in [6.07, 6.45) is 0. The minimum Gasteiger partial charge on any atom is -0.271 e. The first kappa shape index (κ1) is 5.75. The molecule has 0 saturated carbocycles. The summed E-state index contributed by atoms with van der Waals surface area (Å²) in [6.45, 7) is 0.767. The maximum absolute atomic E-state index is 5.07. The van der Waals surface area contributed by atoms with Crippen LogP contribution in [-0.2, 0) is 6.54 Å². The lowest BCUT2D eigenvalue weighted by atomic mass is 10.3. The fourth-order valence-corrected chi connectivity index (χ4v) is 1.18. The zero-order valence-corrected chi connectivity index (χ0v) is 5.24. The Morgan fingerprint density at radius 1 is 1.75 bits per heavy atom. The molecule has 0 aromatic carbocycles. The molecule has 0 aliphatic heterocycles. The summed E-state index contributed by atoms with van der Waals surface area (Å²) in [6, 6.07) is 2.05. The molecule has 0 atom stereocenters. The largest absolute Gasteiger partial charge is 0.271 e. The maximum atomic E-state index is 5.07. The average Bonchev–Trinajstić information content (AvgIpc) is 2.19. The highest BCUT2D eigenvalue weighted by atomic mass is 32.1. The maximum Gasteiger partial charge on any atom is 0.0356 e. The van der Waals surface area contributed by atoms with Crippen molar-refractivity contribution in [1.29, 1.82) is 0 Å². The molecular formula is C5H8N2S. The monoisotopic (exact) mass is 128 g/mol. The second kappa shape index (κ2) is 2.81. The van der Waals surface area contributed by atoms with Gasteiger partial charge < -0.3 is 0 Å². The molecule has 0 saturated heterocycles. The Bertz CT molecular complexity index is 136. The van der Waals surface area contributed by atoms with Crippen molar-refractivity contribution in [3.8, 4) is 0 Å². The van der Waals surface area contributed by atoms with Gasteiger partial charge in [0.2, 0.25) is 0 Å². The lowest BCUT2D eigenvalue weighted by molar-refractivity contribution is 0.743. The standard InChI is InChI=1S/C5H8N2S/c6-7-3-5-1-2-8-4-5/h1-2,4,7H,3,6H2. The Labute approximate surface area is 52.3 Å². The fourth-order valence-electron chi connectivity index (χ4n) is 0.511. The second-order valence-corrected chi connectivity index (χ2v) is 2.29. The van der Waals surface area contributed by atoms with E-state index in [4.69, 9.17) is 5.84 Å². The van der Waals surface area contributed by atoms with Gasteiger partial charge in [0, 0.05) is 6.54 Å². The Morgan fingerprint density at radius 3 is 3.12 bits per heavy atom. The molecule has 1 heterocycles. The zero-order chi connectivity index (χ0) is 5.82. The summed E-state index contributed by atoms with van der Waals surface area (Å²) in [5, 5.41) is 4.10. The van der Waals surface area contributed by atoms with Crippen molar-refractivity contribution in [2.45, 2.75) is 6.54 Å². The van der Waals surface area contributed by atoms with Gasteiger partial charge in [-0.2, -0.15) is 11.3 Å². The van der Waals surface area contributed by atoms with Gasteiger partial charge in [0.15, 0.2) is 0 Å². The van der Waals surface area contributed by atoms with Crippen LogP contribution < -0.4 is 11.3 Å². The van der Waals surface area contributed by atoms with Crippen LogP contribution in [0.5, 0.6) is 0 Å². The van der Waals surface area contributed by atoms with Crippen LogP contribution in [0.4, 0.5) is 0 Å². The number of hydrogen-bond donors (Lipinski definition) is 2. The van der Waals surface area contributed by atoms with Crippen LogP contribution in [0, 0.1) is 0 Å². The van der Waals surface area contributed by atoms with Gasteiger partial charge in [-0.3, -0.25) is 11.3 Å². The van der Waals surface area contributed by atoms with Gasteiger partial charge in [-0.25, -0.2) is 0 Å². The number of hydrazine groups is 1. The van der Waals surface area contributed by atoms with Gasteiger partial charge in [-0.15, -0.1) is 0 Å². The van der Waals surface area contributed by atoms with Crippen LogP contribution in [0.3, 0.4) is 0 Å². The first-order chi connectivity index (χ1) is 3.93. The van der Waals surface area contributed by atoms with Gasteiger partial charge in [-0.05, 0) is 22.4 Å². The summed E-state index contributed by atoms with van der Waals surface area (Å²) in [5.41, 5.74) is 3.82. The fraction of sp³-hybridized carbons (Fsp3) is 0.200. The quantitative estimate of drug-likeness (QED) is 0.455. The van der Waals surface area contributed by atoms with Crippen molar-refractivity contribution in [1.82, 2.24) is 5.43 Å². The van der Waals surface area contributed by atoms with Crippen LogP contribution in [0.25, 0.3) is 0 Å². The van der Waals surface area contributed by atoms with E-state index in [1.807, 2.05) is 11.4 Å². The van der Waals surface area contributed by atoms with Gasteiger partial charge in [0.1, 0.15) is 0 Å². The number of rotatable bonds is 2. The first-order valence-corrected chi connectivity index (χ1v) is 3.32. The van der Waals surface area contributed by atoms with Crippen LogP contribution in [0.2, 0.25) is 0 Å². The lowest BCUT2D eigenvalue weighted by Gasteiger charge is -1.89. The summed E-state index contributed by atoms with van der Waals surface area (Å²) >= 11 is 1.68. The first-order valence-electron chi connectivity index (χ1n) is 2.38. The van der Waals surface area contributed by atoms with Crippen molar-refractivity contribution in [2.24, 2.45) is 5.84 Å². The molecule has 0 amide bonds. The molecular weight excluding hydrogens is 120 g/mol. The van der Waals surface area contributed by atoms with Crippen molar-refractivity contribution in [3.63, 3.8) is 0 Å². The van der Waals surface area contributed by atoms with E-state index in [-0.39, 0.29) is 0 Å². The number of nitrogens with one attached hydrogen (secondary N) is 1. The minimum atomic E-state index is 0.767. The molecule has 0 fully saturated rings. The van der Waals surface area contributed by atoms with Crippen molar-refractivity contribution in [3.05, 3.63) is 22.4 Å². The van der Waals surface area contributed by atoms with Crippen molar-refractivity contribution in [2.75, 3.05) is 0 Å². The third-order valence-electron chi connectivity index (χ3n) is 0.886. The van der Waals surface area contributed by atoms with E-state index < -0.39 is 0 Å². The number of hydrogen-bond acceptors (Lipinski definition) is 3. The van der Waals surface area contributed by atoms with Gasteiger partial charge >= 0.3 is 0 Å². The minimum absolute atomic E-state index is 0.767. The van der Waals surface area contributed by atoms with E-state index in [9.17, 15) is 0 Å². The zero-order valence-electron chi connectivity index (χ0n) is 4.42. The normalized spacial score (nSPS) is 9.62. The molecule has 0 aliphatic carbocycles. The number of thiophene rings is 1. The molecule has 0 unspecified atom stereocenters. The molecule has 1 aromatic rings. The topological polar surface area (TPSA) is 38.0 Å². The van der Waals surface area contributed by atoms with E-state index in [2.05, 4.69) is 10.8 Å². The van der Waals surface area contributed by atoms with Crippen LogP contribution in [0.1, 0.15) is 5.56 Å². The Hall–Kier alpha value is -0.380. The highest BCUT2D eigenvalue weighted by Gasteiger charge is 1.86. The Kier molecular flexibility index (Phi) is 2.02. The molecule has 0 aliphatic rings. The van der Waals surface area contributed by atoms with Crippen molar-refractivity contribution >= 4 is 11.3 Å². The van der Waals surface area contributed by atoms with Gasteiger partial charge in [0.25, 0.3) is 0 Å². The summed E-state index contributed by atoms with van der Waals surface area (Å²) in [4.78, 5) is 0. The molecule has 1 rings (SSSR count). The van der Waals surface area contributed by atoms with Gasteiger partial charge in [0.05, 0.1) is 0 Å². The van der Waals surface area contributed by atoms with Gasteiger partial charge in [-0.1, -0.05) is 0 Å². The molecule has 3 N–H and O–H groups in total. The summed E-state index contributed by atoms with van der Waals surface area (Å²) in [5.74, 6) is 5.07. The third-order valence-corrected chi connectivity index (χ3v) is 1.62. The Morgan fingerprint density at radius 2 is 2.62 bits per heavy atom. The van der Waals surface area contributed by atoms with Crippen LogP contribution in [0.15, 0.2) is 16.8 Å². The predicted molar refractivity (Wildman–Crippen MR) is 35.3 cm³/mol. The van der Waals surface area contributed by atoms with E-state index in [1.54, 1.807) is 11.3 Å². The second-order valence-electron chi connectivity index (χ2n) is 1.51. The molecule has 2 nitrogen and oxygen atoms in total. The SMILES string of the molecule is NNCc1ccsc1. The van der Waals surface area contributed by atoms with Crippen LogP contribution >= 0.6 is 11.3 Å². The van der Waals surface area contributed by atoms with Crippen LogP contribution in [-0.4, -0.2) is 0 Å². The summed E-state index contributed by atoms with van der Waals surface area (Å²) in [7, 11) is 0. The third kappa shape index (κ3) is 1.30. The van der Waals surface area contributed by atoms with E-state index in [0.29, 0.717) is 0 Å². The Balaban J connectivity index is 2.50. The average molecular weight is 128 g/mol. The highest BCUT2D eigenvalue weighted by Crippen LogP contribution is 2.03. The van der Waals surface area contributed by atoms with Crippen molar-refractivity contribution < 1.29 is 0 Å². The smallest absolute Gasteiger partial charge is 0.0356 e. The molecule has 0 spiro atoms. The lowest BCUT2D eigenvalue weighted by Crippen LogP contribution is -2.20. The number of nitrogens with two attached hydrogens (primary N) is 1. The molecule has 8 heavy (non-hydrogen) atoms.